The second-order valence-corrected chi connectivity index (χ2v) is 6.18. The lowest BCUT2D eigenvalue weighted by Crippen LogP contribution is -1.98. The zero-order valence-electron chi connectivity index (χ0n) is 10.9. The van der Waals surface area contributed by atoms with Crippen molar-refractivity contribution in [1.29, 1.82) is 0 Å². The molecule has 0 N–H and O–H groups in total. The smallest absolute Gasteiger partial charge is 0.240 e. The van der Waals surface area contributed by atoms with Crippen molar-refractivity contribution in [2.45, 2.75) is 4.90 Å². The number of hydrogen-bond donors (Lipinski definition) is 0. The van der Waals surface area contributed by atoms with E-state index >= 15 is 0 Å². The molecule has 0 atom stereocenters. The number of benzene rings is 2. The quantitative estimate of drug-likeness (QED) is 0.643. The van der Waals surface area contributed by atoms with Crippen molar-refractivity contribution < 1.29 is 22.3 Å². The van der Waals surface area contributed by atoms with Gasteiger partial charge in [-0.1, -0.05) is 0 Å². The largest absolute Gasteiger partial charge is 0.454 e. The van der Waals surface area contributed by atoms with Gasteiger partial charge in [0.05, 0.1) is 10.6 Å². The van der Waals surface area contributed by atoms with Gasteiger partial charge in [0.25, 0.3) is 0 Å². The first-order valence-electron chi connectivity index (χ1n) is 5.75. The van der Waals surface area contributed by atoms with E-state index in [1.807, 2.05) is 0 Å². The summed E-state index contributed by atoms with van der Waals surface area (Å²) in [6, 6.07) is 9.41. The minimum atomic E-state index is -3.47. The van der Waals surface area contributed by atoms with Gasteiger partial charge in [-0.05, 0) is 42.5 Å². The number of sulfone groups is 1. The summed E-state index contributed by atoms with van der Waals surface area (Å²) in [5.41, 5.74) is 0.394. The van der Waals surface area contributed by atoms with Gasteiger partial charge < -0.3 is 4.74 Å². The number of ether oxygens (including phenoxy) is 1. The monoisotopic (exact) mass is 307 g/mol. The summed E-state index contributed by atoms with van der Waals surface area (Å²) in [6.07, 6.45) is 2.39. The molecule has 0 fully saturated rings. The molecule has 7 heteroatoms. The Morgan fingerprint density at radius 2 is 1.81 bits per heavy atom. The van der Waals surface area contributed by atoms with E-state index in [2.05, 4.69) is 4.99 Å². The maximum absolute atomic E-state index is 13.8. The molecule has 0 aliphatic rings. The van der Waals surface area contributed by atoms with Crippen molar-refractivity contribution in [3.05, 3.63) is 48.3 Å². The first-order valence-corrected chi connectivity index (χ1v) is 7.65. The van der Waals surface area contributed by atoms with Crippen LogP contribution >= 0.6 is 0 Å². The summed E-state index contributed by atoms with van der Waals surface area (Å²) < 4.78 is 41.7. The molecule has 0 saturated carbocycles. The molecule has 0 aliphatic heterocycles. The van der Waals surface area contributed by atoms with Gasteiger partial charge in [0, 0.05) is 6.26 Å². The number of halogens is 1. The van der Waals surface area contributed by atoms with Crippen LogP contribution in [0.25, 0.3) is 0 Å². The molecule has 5 nitrogen and oxygen atoms in total. The van der Waals surface area contributed by atoms with Crippen molar-refractivity contribution >= 4 is 21.6 Å². The van der Waals surface area contributed by atoms with Gasteiger partial charge in [0.15, 0.2) is 21.4 Å². The third kappa shape index (κ3) is 3.75. The highest BCUT2D eigenvalue weighted by Crippen LogP contribution is 2.27. The van der Waals surface area contributed by atoms with E-state index in [-0.39, 0.29) is 10.6 Å². The van der Waals surface area contributed by atoms with Gasteiger partial charge in [-0.3, -0.25) is 0 Å². The minimum Gasteiger partial charge on any atom is -0.454 e. The highest BCUT2D eigenvalue weighted by molar-refractivity contribution is 7.90. The third-order valence-corrected chi connectivity index (χ3v) is 3.68. The average Bonchev–Trinajstić information content (AvgIpc) is 2.42. The maximum atomic E-state index is 13.8. The van der Waals surface area contributed by atoms with Crippen molar-refractivity contribution in [2.75, 3.05) is 6.26 Å². The lowest BCUT2D eigenvalue weighted by Gasteiger charge is -2.08. The zero-order valence-corrected chi connectivity index (χ0v) is 11.7. The molecule has 21 heavy (non-hydrogen) atoms. The summed E-state index contributed by atoms with van der Waals surface area (Å²) in [7, 11) is -3.47. The predicted octanol–water partition coefficient (Wildman–Crippen LogP) is 2.99. The van der Waals surface area contributed by atoms with Crippen molar-refractivity contribution in [3.8, 4) is 11.5 Å². The van der Waals surface area contributed by atoms with E-state index in [1.54, 1.807) is 0 Å². The average molecular weight is 307 g/mol. The van der Waals surface area contributed by atoms with Crippen LogP contribution in [-0.4, -0.2) is 20.8 Å². The Labute approximate surface area is 120 Å². The van der Waals surface area contributed by atoms with Gasteiger partial charge in [0.2, 0.25) is 6.08 Å². The minimum absolute atomic E-state index is 0.103. The number of isocyanates is 1. The zero-order chi connectivity index (χ0) is 15.5. The second-order valence-electron chi connectivity index (χ2n) is 4.16. The van der Waals surface area contributed by atoms with E-state index in [0.717, 1.165) is 12.3 Å². The van der Waals surface area contributed by atoms with Crippen LogP contribution < -0.4 is 4.74 Å². The molecule has 2 aromatic rings. The molecule has 2 rings (SSSR count). The molecule has 0 spiro atoms. The molecule has 0 unspecified atom stereocenters. The van der Waals surface area contributed by atoms with Gasteiger partial charge >= 0.3 is 0 Å². The van der Waals surface area contributed by atoms with E-state index in [0.29, 0.717) is 11.4 Å². The van der Waals surface area contributed by atoms with Crippen LogP contribution in [0.1, 0.15) is 0 Å². The Balaban J connectivity index is 2.25. The maximum Gasteiger partial charge on any atom is 0.240 e. The molecular formula is C14H10FNO4S. The topological polar surface area (TPSA) is 72.8 Å². The lowest BCUT2D eigenvalue weighted by atomic mass is 10.3. The molecule has 0 bridgehead atoms. The summed E-state index contributed by atoms with van der Waals surface area (Å²) in [5.74, 6) is -0.562. The summed E-state index contributed by atoms with van der Waals surface area (Å²) in [5, 5.41) is 0. The molecule has 0 radical (unpaired) electrons. The Morgan fingerprint density at radius 3 is 2.33 bits per heavy atom. The Morgan fingerprint density at radius 1 is 1.14 bits per heavy atom. The Kier molecular flexibility index (Phi) is 4.16. The Bertz CT molecular complexity index is 809. The van der Waals surface area contributed by atoms with E-state index < -0.39 is 15.7 Å². The van der Waals surface area contributed by atoms with Gasteiger partial charge in [-0.2, -0.15) is 4.99 Å². The summed E-state index contributed by atoms with van der Waals surface area (Å²) in [6.45, 7) is 0. The molecule has 0 aromatic heterocycles. The van der Waals surface area contributed by atoms with Crippen LogP contribution in [0, 0.1) is 5.82 Å². The normalized spacial score (nSPS) is 10.8. The Hall–Kier alpha value is -2.50. The van der Waals surface area contributed by atoms with E-state index in [4.69, 9.17) is 4.74 Å². The highest BCUT2D eigenvalue weighted by atomic mass is 32.2. The number of hydrogen-bond acceptors (Lipinski definition) is 5. The number of carbonyl (C=O) groups excluding carboxylic acids is 1. The standard InChI is InChI=1S/C14H10FNO4S/c1-21(18,19)12-6-7-14(13(15)8-12)20-11-4-2-10(3-5-11)16-9-17/h2-8H,1H3. The number of nitrogens with zero attached hydrogens (tertiary/aromatic N) is 1. The lowest BCUT2D eigenvalue weighted by molar-refractivity contribution is 0.441. The molecule has 108 valence electrons. The van der Waals surface area contributed by atoms with Crippen molar-refractivity contribution in [3.63, 3.8) is 0 Å². The fourth-order valence-electron chi connectivity index (χ4n) is 1.56. The van der Waals surface area contributed by atoms with Crippen LogP contribution in [0.5, 0.6) is 11.5 Å². The molecule has 0 amide bonds. The van der Waals surface area contributed by atoms with Crippen LogP contribution in [0.3, 0.4) is 0 Å². The fraction of sp³-hybridized carbons (Fsp3) is 0.0714. The van der Waals surface area contributed by atoms with E-state index in [9.17, 15) is 17.6 Å². The SMILES string of the molecule is CS(=O)(=O)c1ccc(Oc2ccc(N=C=O)cc2)c(F)c1. The van der Waals surface area contributed by atoms with Crippen LogP contribution in [0.15, 0.2) is 52.4 Å². The van der Waals surface area contributed by atoms with Crippen molar-refractivity contribution in [2.24, 2.45) is 4.99 Å². The first-order chi connectivity index (χ1) is 9.90. The third-order valence-electron chi connectivity index (χ3n) is 2.57. The number of aliphatic imine (C=N–C) groups is 1. The number of rotatable bonds is 4. The summed E-state index contributed by atoms with van der Waals surface area (Å²) in [4.78, 5) is 13.4. The van der Waals surface area contributed by atoms with Crippen LogP contribution in [-0.2, 0) is 14.6 Å². The van der Waals surface area contributed by atoms with Gasteiger partial charge in [-0.15, -0.1) is 0 Å². The highest BCUT2D eigenvalue weighted by Gasteiger charge is 2.12. The van der Waals surface area contributed by atoms with Crippen LogP contribution in [0.4, 0.5) is 10.1 Å². The van der Waals surface area contributed by atoms with Crippen molar-refractivity contribution in [1.82, 2.24) is 0 Å². The molecule has 2 aromatic carbocycles. The fourth-order valence-corrected chi connectivity index (χ4v) is 2.20. The van der Waals surface area contributed by atoms with Crippen LogP contribution in [0.2, 0.25) is 0 Å². The van der Waals surface area contributed by atoms with E-state index in [1.165, 1.54) is 42.5 Å². The van der Waals surface area contributed by atoms with Gasteiger partial charge in [0.1, 0.15) is 5.75 Å². The molecular weight excluding hydrogens is 297 g/mol. The van der Waals surface area contributed by atoms with Gasteiger partial charge in [-0.25, -0.2) is 17.6 Å². The summed E-state index contributed by atoms with van der Waals surface area (Å²) >= 11 is 0. The predicted molar refractivity (Wildman–Crippen MR) is 73.8 cm³/mol. The molecule has 0 aliphatic carbocycles. The second kappa shape index (κ2) is 5.87. The molecule has 0 saturated heterocycles. The molecule has 0 heterocycles. The first kappa shape index (κ1) is 14.9.